The molecular weight excluding hydrogens is 330 g/mol. The normalized spacial score (nSPS) is 10.3. The van der Waals surface area contributed by atoms with Crippen LogP contribution in [0.1, 0.15) is 15.9 Å². The van der Waals surface area contributed by atoms with E-state index in [1.165, 1.54) is 7.11 Å². The van der Waals surface area contributed by atoms with E-state index < -0.39 is 5.97 Å². The van der Waals surface area contributed by atoms with E-state index >= 15 is 0 Å². The number of methoxy groups -OCH3 is 1. The van der Waals surface area contributed by atoms with Gasteiger partial charge >= 0.3 is 5.97 Å². The van der Waals surface area contributed by atoms with E-state index in [2.05, 4.69) is 5.32 Å². The molecule has 3 aromatic carbocycles. The van der Waals surface area contributed by atoms with Gasteiger partial charge in [-0.05, 0) is 28.5 Å². The van der Waals surface area contributed by atoms with E-state index in [-0.39, 0.29) is 12.5 Å². The summed E-state index contributed by atoms with van der Waals surface area (Å²) in [7, 11) is 1.49. The van der Waals surface area contributed by atoms with Crippen molar-refractivity contribution < 1.29 is 19.1 Å². The molecule has 3 aromatic rings. The van der Waals surface area contributed by atoms with Gasteiger partial charge in [0.05, 0.1) is 7.11 Å². The number of hydrogen-bond acceptors (Lipinski definition) is 4. The Balaban J connectivity index is 1.62. The van der Waals surface area contributed by atoms with Crippen molar-refractivity contribution in [1.82, 2.24) is 5.32 Å². The first-order valence-corrected chi connectivity index (χ1v) is 8.22. The van der Waals surface area contributed by atoms with Gasteiger partial charge in [-0.15, -0.1) is 0 Å². The highest BCUT2D eigenvalue weighted by molar-refractivity contribution is 5.99. The first-order valence-electron chi connectivity index (χ1n) is 8.22. The molecule has 0 unspecified atom stereocenters. The van der Waals surface area contributed by atoms with E-state index in [9.17, 15) is 9.59 Å². The van der Waals surface area contributed by atoms with Crippen molar-refractivity contribution in [2.45, 2.75) is 6.54 Å². The molecule has 3 rings (SSSR count). The molecule has 0 aromatic heterocycles. The largest absolute Gasteiger partial charge is 0.496 e. The molecule has 0 radical (unpaired) electrons. The summed E-state index contributed by atoms with van der Waals surface area (Å²) in [5.41, 5.74) is 1.27. The monoisotopic (exact) mass is 349 g/mol. The highest BCUT2D eigenvalue weighted by atomic mass is 16.5. The predicted molar refractivity (Wildman–Crippen MR) is 99.1 cm³/mol. The average Bonchev–Trinajstić information content (AvgIpc) is 2.70. The lowest BCUT2D eigenvalue weighted by molar-refractivity contribution is -0.124. The maximum Gasteiger partial charge on any atom is 0.342 e. The summed E-state index contributed by atoms with van der Waals surface area (Å²) in [5.74, 6) is -0.539. The summed E-state index contributed by atoms with van der Waals surface area (Å²) in [6, 6.07) is 20.6. The third-order valence-corrected chi connectivity index (χ3v) is 3.95. The molecule has 0 saturated heterocycles. The summed E-state index contributed by atoms with van der Waals surface area (Å²) in [6.45, 7) is 0.0398. The van der Waals surface area contributed by atoms with Crippen LogP contribution in [-0.4, -0.2) is 25.6 Å². The van der Waals surface area contributed by atoms with E-state index in [0.717, 1.165) is 16.3 Å². The third kappa shape index (κ3) is 4.19. The molecule has 1 amide bonds. The van der Waals surface area contributed by atoms with Crippen LogP contribution >= 0.6 is 0 Å². The van der Waals surface area contributed by atoms with Crippen LogP contribution in [0.2, 0.25) is 0 Å². The Hall–Kier alpha value is -3.34. The van der Waals surface area contributed by atoms with Gasteiger partial charge in [0.1, 0.15) is 11.3 Å². The van der Waals surface area contributed by atoms with Crippen molar-refractivity contribution in [3.63, 3.8) is 0 Å². The van der Waals surface area contributed by atoms with E-state index in [4.69, 9.17) is 9.47 Å². The van der Waals surface area contributed by atoms with Crippen molar-refractivity contribution >= 4 is 22.6 Å². The lowest BCUT2D eigenvalue weighted by atomic mass is 10.1. The predicted octanol–water partition coefficient (Wildman–Crippen LogP) is 3.32. The van der Waals surface area contributed by atoms with Gasteiger partial charge in [0.25, 0.3) is 5.91 Å². The van der Waals surface area contributed by atoms with Gasteiger partial charge in [-0.25, -0.2) is 4.79 Å². The smallest absolute Gasteiger partial charge is 0.342 e. The van der Waals surface area contributed by atoms with Gasteiger partial charge in [0.15, 0.2) is 6.61 Å². The van der Waals surface area contributed by atoms with Gasteiger partial charge in [0, 0.05) is 6.54 Å². The van der Waals surface area contributed by atoms with Gasteiger partial charge in [0.2, 0.25) is 0 Å². The molecular formula is C21H19NO4. The zero-order chi connectivity index (χ0) is 18.4. The van der Waals surface area contributed by atoms with Crippen molar-refractivity contribution in [1.29, 1.82) is 0 Å². The Labute approximate surface area is 151 Å². The SMILES string of the molecule is COc1cc2ccccc2cc1C(=O)OCC(=O)NCc1ccccc1. The molecule has 26 heavy (non-hydrogen) atoms. The number of nitrogens with one attached hydrogen (secondary N) is 1. The van der Waals surface area contributed by atoms with Crippen molar-refractivity contribution in [3.8, 4) is 5.75 Å². The number of benzene rings is 3. The first-order chi connectivity index (χ1) is 12.7. The third-order valence-electron chi connectivity index (χ3n) is 3.95. The number of fused-ring (bicyclic) bond motifs is 1. The Bertz CT molecular complexity index is 922. The molecule has 0 spiro atoms. The highest BCUT2D eigenvalue weighted by Gasteiger charge is 2.16. The fraction of sp³-hybridized carbons (Fsp3) is 0.143. The molecule has 1 N–H and O–H groups in total. The van der Waals surface area contributed by atoms with Gasteiger partial charge in [-0.3, -0.25) is 4.79 Å². The summed E-state index contributed by atoms with van der Waals surface area (Å²) in [6.07, 6.45) is 0. The standard InChI is InChI=1S/C21H19NO4/c1-25-19-12-17-10-6-5-9-16(17)11-18(19)21(24)26-14-20(23)22-13-15-7-3-2-4-8-15/h2-12H,13-14H2,1H3,(H,22,23). The minimum absolute atomic E-state index is 0.294. The summed E-state index contributed by atoms with van der Waals surface area (Å²) >= 11 is 0. The maximum atomic E-state index is 12.4. The lowest BCUT2D eigenvalue weighted by Gasteiger charge is -2.11. The van der Waals surface area contributed by atoms with Gasteiger partial charge in [-0.2, -0.15) is 0 Å². The van der Waals surface area contributed by atoms with Crippen LogP contribution in [0.4, 0.5) is 0 Å². The number of carbonyl (C=O) groups excluding carboxylic acids is 2. The van der Waals surface area contributed by atoms with Crippen LogP contribution < -0.4 is 10.1 Å². The zero-order valence-corrected chi connectivity index (χ0v) is 14.4. The van der Waals surface area contributed by atoms with Crippen LogP contribution in [0, 0.1) is 0 Å². The quantitative estimate of drug-likeness (QED) is 0.694. The average molecular weight is 349 g/mol. The van der Waals surface area contributed by atoms with Crippen LogP contribution in [0.25, 0.3) is 10.8 Å². The summed E-state index contributed by atoms with van der Waals surface area (Å²) < 4.78 is 10.4. The number of esters is 1. The molecule has 132 valence electrons. The number of carbonyl (C=O) groups is 2. The molecule has 0 aliphatic carbocycles. The van der Waals surface area contributed by atoms with Crippen LogP contribution in [0.5, 0.6) is 5.75 Å². The molecule has 0 bridgehead atoms. The number of rotatable bonds is 6. The molecule has 0 aliphatic rings. The minimum Gasteiger partial charge on any atom is -0.496 e. The summed E-state index contributed by atoms with van der Waals surface area (Å²) in [5, 5.41) is 4.57. The van der Waals surface area contributed by atoms with Crippen LogP contribution in [-0.2, 0) is 16.1 Å². The maximum absolute atomic E-state index is 12.4. The Morgan fingerprint density at radius 2 is 1.58 bits per heavy atom. The van der Waals surface area contributed by atoms with Crippen molar-refractivity contribution in [2.75, 3.05) is 13.7 Å². The fourth-order valence-electron chi connectivity index (χ4n) is 2.60. The highest BCUT2D eigenvalue weighted by Crippen LogP contribution is 2.26. The first kappa shape index (κ1) is 17.5. The van der Waals surface area contributed by atoms with Crippen LogP contribution in [0.3, 0.4) is 0 Å². The van der Waals surface area contributed by atoms with Crippen molar-refractivity contribution in [2.24, 2.45) is 0 Å². The second kappa shape index (κ2) is 8.16. The molecule has 0 heterocycles. The number of ether oxygens (including phenoxy) is 2. The molecule has 0 fully saturated rings. The molecule has 5 nitrogen and oxygen atoms in total. The van der Waals surface area contributed by atoms with E-state index in [1.807, 2.05) is 54.6 Å². The van der Waals surface area contributed by atoms with E-state index in [1.54, 1.807) is 12.1 Å². The Kier molecular flexibility index (Phi) is 5.49. The lowest BCUT2D eigenvalue weighted by Crippen LogP contribution is -2.28. The minimum atomic E-state index is -0.595. The van der Waals surface area contributed by atoms with Gasteiger partial charge < -0.3 is 14.8 Å². The second-order valence-electron chi connectivity index (χ2n) is 5.74. The second-order valence-corrected chi connectivity index (χ2v) is 5.74. The zero-order valence-electron chi connectivity index (χ0n) is 14.4. The molecule has 0 aliphatic heterocycles. The van der Waals surface area contributed by atoms with Gasteiger partial charge in [-0.1, -0.05) is 54.6 Å². The number of amides is 1. The topological polar surface area (TPSA) is 64.6 Å². The number of hydrogen-bond donors (Lipinski definition) is 1. The fourth-order valence-corrected chi connectivity index (χ4v) is 2.60. The van der Waals surface area contributed by atoms with Crippen molar-refractivity contribution in [3.05, 3.63) is 77.9 Å². The van der Waals surface area contributed by atoms with Crippen LogP contribution in [0.15, 0.2) is 66.7 Å². The Morgan fingerprint density at radius 3 is 2.27 bits per heavy atom. The Morgan fingerprint density at radius 1 is 0.923 bits per heavy atom. The summed E-state index contributed by atoms with van der Waals surface area (Å²) in [4.78, 5) is 24.3. The van der Waals surface area contributed by atoms with E-state index in [0.29, 0.717) is 17.9 Å². The molecule has 0 saturated carbocycles. The molecule has 5 heteroatoms. The molecule has 0 atom stereocenters.